The van der Waals surface area contributed by atoms with E-state index in [-0.39, 0.29) is 11.7 Å². The third-order valence-electron chi connectivity index (χ3n) is 2.71. The molecule has 4 heteroatoms. The minimum Gasteiger partial charge on any atom is -0.389 e. The van der Waals surface area contributed by atoms with Crippen LogP contribution in [-0.4, -0.2) is 25.4 Å². The van der Waals surface area contributed by atoms with E-state index in [4.69, 9.17) is 0 Å². The number of aryl methyl sites for hydroxylation is 1. The summed E-state index contributed by atoms with van der Waals surface area (Å²) in [5.41, 5.74) is 1.03. The summed E-state index contributed by atoms with van der Waals surface area (Å²) < 4.78 is 23.9. The summed E-state index contributed by atoms with van der Waals surface area (Å²) in [6, 6.07) is 6.77. The monoisotopic (exact) mass is 268 g/mol. The molecule has 1 N–H and O–H groups in total. The van der Waals surface area contributed by atoms with Crippen molar-refractivity contribution in [3.05, 3.63) is 42.0 Å². The third-order valence-corrected chi connectivity index (χ3v) is 4.33. The summed E-state index contributed by atoms with van der Waals surface area (Å²) in [5.74, 6) is 0.00292. The van der Waals surface area contributed by atoms with Crippen LogP contribution in [0.5, 0.6) is 0 Å². The molecular formula is C14H20O3S. The number of benzene rings is 1. The van der Waals surface area contributed by atoms with Crippen molar-refractivity contribution in [3.8, 4) is 0 Å². The smallest absolute Gasteiger partial charge is 0.181 e. The first-order chi connectivity index (χ1) is 8.33. The van der Waals surface area contributed by atoms with Gasteiger partial charge in [0.05, 0.1) is 16.8 Å². The molecule has 1 rings (SSSR count). The normalized spacial score (nSPS) is 14.3. The lowest BCUT2D eigenvalue weighted by Gasteiger charge is -2.08. The van der Waals surface area contributed by atoms with Crippen molar-refractivity contribution in [2.45, 2.75) is 31.8 Å². The second-order valence-electron chi connectivity index (χ2n) is 4.76. The molecule has 0 saturated heterocycles. The molecule has 0 heterocycles. The fourth-order valence-electron chi connectivity index (χ4n) is 1.39. The fraction of sp³-hybridized carbons (Fsp3) is 0.429. The summed E-state index contributed by atoms with van der Waals surface area (Å²) in [4.78, 5) is 0.316. The first-order valence-electron chi connectivity index (χ1n) is 5.97. The molecule has 1 aromatic carbocycles. The Morgan fingerprint density at radius 2 is 1.78 bits per heavy atom. The molecule has 0 fully saturated rings. The number of aliphatic hydroxyl groups excluding tert-OH is 1. The van der Waals surface area contributed by atoms with Gasteiger partial charge in [-0.05, 0) is 25.0 Å². The van der Waals surface area contributed by atoms with Gasteiger partial charge in [-0.2, -0.15) is 0 Å². The number of aliphatic hydroxyl groups is 1. The lowest BCUT2D eigenvalue weighted by atomic mass is 10.1. The van der Waals surface area contributed by atoms with Crippen LogP contribution in [0.25, 0.3) is 0 Å². The summed E-state index contributed by atoms with van der Waals surface area (Å²) >= 11 is 0. The van der Waals surface area contributed by atoms with Gasteiger partial charge >= 0.3 is 0 Å². The lowest BCUT2D eigenvalue weighted by Crippen LogP contribution is -2.12. The van der Waals surface area contributed by atoms with Gasteiger partial charge in [0.15, 0.2) is 9.84 Å². The van der Waals surface area contributed by atoms with E-state index in [1.807, 2.05) is 20.8 Å². The maximum Gasteiger partial charge on any atom is 0.181 e. The largest absolute Gasteiger partial charge is 0.389 e. The number of hydrogen-bond donors (Lipinski definition) is 1. The zero-order chi connectivity index (χ0) is 13.8. The van der Waals surface area contributed by atoms with Crippen LogP contribution in [0.4, 0.5) is 0 Å². The van der Waals surface area contributed by atoms with Gasteiger partial charge in [-0.3, -0.25) is 0 Å². The Balaban J connectivity index is 2.74. The molecule has 0 aliphatic rings. The van der Waals surface area contributed by atoms with Gasteiger partial charge in [0, 0.05) is 0 Å². The molecule has 0 aromatic heterocycles. The molecule has 0 saturated carbocycles. The van der Waals surface area contributed by atoms with Crippen LogP contribution in [0.15, 0.2) is 41.3 Å². The van der Waals surface area contributed by atoms with Gasteiger partial charge in [-0.25, -0.2) is 8.42 Å². The Morgan fingerprint density at radius 3 is 2.28 bits per heavy atom. The topological polar surface area (TPSA) is 54.4 Å². The molecule has 1 atom stereocenters. The summed E-state index contributed by atoms with van der Waals surface area (Å²) in [5, 5.41) is 9.55. The van der Waals surface area contributed by atoms with Crippen molar-refractivity contribution in [1.82, 2.24) is 0 Å². The molecule has 0 bridgehead atoms. The second kappa shape index (κ2) is 6.16. The molecule has 1 unspecified atom stereocenters. The SMILES string of the molecule is Cc1ccc(S(=O)(=O)C/C=C/C(O)C(C)C)cc1. The highest BCUT2D eigenvalue weighted by Crippen LogP contribution is 2.12. The van der Waals surface area contributed by atoms with Crippen molar-refractivity contribution >= 4 is 9.84 Å². The highest BCUT2D eigenvalue weighted by molar-refractivity contribution is 7.91. The summed E-state index contributed by atoms with van der Waals surface area (Å²) in [6.45, 7) is 5.67. The Kier molecular flexibility index (Phi) is 5.11. The predicted molar refractivity (Wildman–Crippen MR) is 73.2 cm³/mol. The van der Waals surface area contributed by atoms with E-state index >= 15 is 0 Å². The highest BCUT2D eigenvalue weighted by atomic mass is 32.2. The molecular weight excluding hydrogens is 248 g/mol. The van der Waals surface area contributed by atoms with E-state index in [1.165, 1.54) is 12.2 Å². The Morgan fingerprint density at radius 1 is 1.22 bits per heavy atom. The second-order valence-corrected chi connectivity index (χ2v) is 6.79. The third kappa shape index (κ3) is 4.27. The van der Waals surface area contributed by atoms with E-state index in [2.05, 4.69) is 0 Å². The van der Waals surface area contributed by atoms with Crippen LogP contribution in [0, 0.1) is 12.8 Å². The lowest BCUT2D eigenvalue weighted by molar-refractivity contribution is 0.172. The summed E-state index contributed by atoms with van der Waals surface area (Å²) in [6.07, 6.45) is 2.45. The van der Waals surface area contributed by atoms with Crippen LogP contribution < -0.4 is 0 Å². The van der Waals surface area contributed by atoms with Gasteiger partial charge in [0.2, 0.25) is 0 Å². The molecule has 0 radical (unpaired) electrons. The predicted octanol–water partition coefficient (Wildman–Crippen LogP) is 2.34. The van der Waals surface area contributed by atoms with Gasteiger partial charge in [-0.1, -0.05) is 43.7 Å². The van der Waals surface area contributed by atoms with Crippen LogP contribution in [0.1, 0.15) is 19.4 Å². The zero-order valence-corrected chi connectivity index (χ0v) is 11.8. The quantitative estimate of drug-likeness (QED) is 0.834. The molecule has 0 aliphatic carbocycles. The van der Waals surface area contributed by atoms with Crippen molar-refractivity contribution in [1.29, 1.82) is 0 Å². The van der Waals surface area contributed by atoms with Crippen LogP contribution >= 0.6 is 0 Å². The fourth-order valence-corrected chi connectivity index (χ4v) is 2.49. The van der Waals surface area contributed by atoms with E-state index in [1.54, 1.807) is 24.3 Å². The van der Waals surface area contributed by atoms with Crippen molar-refractivity contribution in [2.24, 2.45) is 5.92 Å². The number of hydrogen-bond acceptors (Lipinski definition) is 3. The highest BCUT2D eigenvalue weighted by Gasteiger charge is 2.12. The Hall–Kier alpha value is -1.13. The standard InChI is InChI=1S/C14H20O3S/c1-11(2)14(15)5-4-10-18(16,17)13-8-6-12(3)7-9-13/h4-9,11,14-15H,10H2,1-3H3/b5-4+. The molecule has 0 aliphatic heterocycles. The van der Waals surface area contributed by atoms with Crippen LogP contribution in [0.2, 0.25) is 0 Å². The van der Waals surface area contributed by atoms with Gasteiger partial charge in [0.1, 0.15) is 0 Å². The maximum atomic E-state index is 12.0. The molecule has 100 valence electrons. The zero-order valence-electron chi connectivity index (χ0n) is 11.0. The Bertz CT molecular complexity index is 498. The maximum absolute atomic E-state index is 12.0. The summed E-state index contributed by atoms with van der Waals surface area (Å²) in [7, 11) is -3.30. The van der Waals surface area contributed by atoms with Gasteiger partial charge < -0.3 is 5.11 Å². The van der Waals surface area contributed by atoms with Gasteiger partial charge in [0.25, 0.3) is 0 Å². The first-order valence-corrected chi connectivity index (χ1v) is 7.62. The first kappa shape index (κ1) is 14.9. The van der Waals surface area contributed by atoms with Crippen LogP contribution in [0.3, 0.4) is 0 Å². The molecule has 18 heavy (non-hydrogen) atoms. The Labute approximate surface area is 109 Å². The molecule has 1 aromatic rings. The average Bonchev–Trinajstić information content (AvgIpc) is 2.29. The average molecular weight is 268 g/mol. The van der Waals surface area contributed by atoms with E-state index in [0.29, 0.717) is 4.90 Å². The van der Waals surface area contributed by atoms with E-state index < -0.39 is 15.9 Å². The van der Waals surface area contributed by atoms with Crippen LogP contribution in [-0.2, 0) is 9.84 Å². The van der Waals surface area contributed by atoms with Crippen molar-refractivity contribution in [2.75, 3.05) is 5.75 Å². The molecule has 0 amide bonds. The minimum atomic E-state index is -3.30. The number of rotatable bonds is 5. The molecule has 0 spiro atoms. The van der Waals surface area contributed by atoms with Crippen molar-refractivity contribution < 1.29 is 13.5 Å². The van der Waals surface area contributed by atoms with Gasteiger partial charge in [-0.15, -0.1) is 0 Å². The molecule has 3 nitrogen and oxygen atoms in total. The van der Waals surface area contributed by atoms with E-state index in [0.717, 1.165) is 5.56 Å². The number of sulfone groups is 1. The minimum absolute atomic E-state index is 0.0835. The van der Waals surface area contributed by atoms with Crippen molar-refractivity contribution in [3.63, 3.8) is 0 Å². The van der Waals surface area contributed by atoms with E-state index in [9.17, 15) is 13.5 Å².